The van der Waals surface area contributed by atoms with E-state index in [0.717, 1.165) is 32.1 Å². The molecule has 100 valence electrons. The molecular formula is C14H28N2O. The zero-order valence-electron chi connectivity index (χ0n) is 11.6. The molecule has 17 heavy (non-hydrogen) atoms. The molecule has 1 rings (SSSR count). The van der Waals surface area contributed by atoms with Gasteiger partial charge in [-0.05, 0) is 32.1 Å². The van der Waals surface area contributed by atoms with Crippen molar-refractivity contribution >= 4 is 5.91 Å². The Kier molecular flexibility index (Phi) is 4.99. The lowest BCUT2D eigenvalue weighted by Crippen LogP contribution is -2.52. The summed E-state index contributed by atoms with van der Waals surface area (Å²) in [5.74, 6) is 0.231. The molecule has 0 bridgehead atoms. The maximum absolute atomic E-state index is 12.3. The van der Waals surface area contributed by atoms with Gasteiger partial charge in [0, 0.05) is 17.5 Å². The van der Waals surface area contributed by atoms with Crippen molar-refractivity contribution in [3.05, 3.63) is 0 Å². The summed E-state index contributed by atoms with van der Waals surface area (Å²) in [6.07, 6.45) is 7.24. The van der Waals surface area contributed by atoms with Crippen LogP contribution in [0.1, 0.15) is 65.7 Å². The molecule has 0 unspecified atom stereocenters. The zero-order valence-corrected chi connectivity index (χ0v) is 11.6. The van der Waals surface area contributed by atoms with Crippen molar-refractivity contribution in [3.63, 3.8) is 0 Å². The number of carbonyl (C=O) groups is 1. The molecule has 0 saturated heterocycles. The summed E-state index contributed by atoms with van der Waals surface area (Å²) in [6.45, 7) is 6.91. The second kappa shape index (κ2) is 5.85. The van der Waals surface area contributed by atoms with Crippen LogP contribution in [0.2, 0.25) is 0 Å². The second-order valence-corrected chi connectivity index (χ2v) is 5.59. The number of rotatable bonds is 6. The van der Waals surface area contributed by atoms with E-state index in [1.165, 1.54) is 12.8 Å². The second-order valence-electron chi connectivity index (χ2n) is 5.59. The van der Waals surface area contributed by atoms with Crippen LogP contribution in [0, 0.1) is 5.41 Å². The lowest BCUT2D eigenvalue weighted by atomic mass is 9.82. The minimum Gasteiger partial charge on any atom is -0.354 e. The Morgan fingerprint density at radius 3 is 2.18 bits per heavy atom. The molecule has 0 spiro atoms. The average molecular weight is 240 g/mol. The summed E-state index contributed by atoms with van der Waals surface area (Å²) >= 11 is 0. The van der Waals surface area contributed by atoms with Crippen LogP contribution >= 0.6 is 0 Å². The molecule has 0 aliphatic heterocycles. The minimum absolute atomic E-state index is 0.0948. The Labute approximate surface area is 106 Å². The van der Waals surface area contributed by atoms with Crippen LogP contribution in [-0.4, -0.2) is 18.0 Å². The summed E-state index contributed by atoms with van der Waals surface area (Å²) in [7, 11) is 0. The Morgan fingerprint density at radius 1 is 1.24 bits per heavy atom. The monoisotopic (exact) mass is 240 g/mol. The van der Waals surface area contributed by atoms with Crippen LogP contribution in [0.5, 0.6) is 0 Å². The van der Waals surface area contributed by atoms with Crippen molar-refractivity contribution in [2.45, 2.75) is 71.3 Å². The quantitative estimate of drug-likeness (QED) is 0.750. The molecule has 3 heteroatoms. The predicted molar refractivity (Wildman–Crippen MR) is 71.7 cm³/mol. The molecule has 0 heterocycles. The summed E-state index contributed by atoms with van der Waals surface area (Å²) in [6, 6.07) is 0. The van der Waals surface area contributed by atoms with Crippen LogP contribution in [0.15, 0.2) is 0 Å². The molecule has 0 radical (unpaired) electrons. The van der Waals surface area contributed by atoms with E-state index in [1.54, 1.807) is 0 Å². The van der Waals surface area contributed by atoms with Crippen molar-refractivity contribution in [2.75, 3.05) is 6.54 Å². The van der Waals surface area contributed by atoms with Crippen LogP contribution in [0.3, 0.4) is 0 Å². The Bertz CT molecular complexity index is 253. The maximum Gasteiger partial charge on any atom is 0.226 e. The molecule has 1 fully saturated rings. The zero-order chi connectivity index (χ0) is 12.9. The highest BCUT2D eigenvalue weighted by molar-refractivity contribution is 5.82. The lowest BCUT2D eigenvalue weighted by molar-refractivity contribution is -0.131. The first-order valence-corrected chi connectivity index (χ1v) is 7.09. The van der Waals surface area contributed by atoms with E-state index in [1.807, 2.05) is 0 Å². The molecule has 0 aromatic carbocycles. The van der Waals surface area contributed by atoms with E-state index in [-0.39, 0.29) is 16.9 Å². The maximum atomic E-state index is 12.3. The van der Waals surface area contributed by atoms with Gasteiger partial charge in [0.05, 0.1) is 0 Å². The van der Waals surface area contributed by atoms with Gasteiger partial charge in [-0.1, -0.05) is 33.6 Å². The van der Waals surface area contributed by atoms with Crippen molar-refractivity contribution in [2.24, 2.45) is 11.1 Å². The lowest BCUT2D eigenvalue weighted by Gasteiger charge is -2.31. The summed E-state index contributed by atoms with van der Waals surface area (Å²) in [5.41, 5.74) is 5.89. The fourth-order valence-electron chi connectivity index (χ4n) is 2.74. The molecule has 0 atom stereocenters. The third-order valence-electron chi connectivity index (χ3n) is 4.73. The molecular weight excluding hydrogens is 212 g/mol. The van der Waals surface area contributed by atoms with Crippen LogP contribution < -0.4 is 11.1 Å². The molecule has 1 amide bonds. The van der Waals surface area contributed by atoms with Crippen molar-refractivity contribution in [3.8, 4) is 0 Å². The number of carbonyl (C=O) groups excluding carboxylic acids is 1. The third kappa shape index (κ3) is 3.21. The smallest absolute Gasteiger partial charge is 0.226 e. The van der Waals surface area contributed by atoms with E-state index in [0.29, 0.717) is 6.54 Å². The van der Waals surface area contributed by atoms with Gasteiger partial charge in [-0.25, -0.2) is 0 Å². The highest BCUT2D eigenvalue weighted by atomic mass is 16.2. The van der Waals surface area contributed by atoms with E-state index < -0.39 is 0 Å². The first-order chi connectivity index (χ1) is 8.02. The predicted octanol–water partition coefficient (Wildman–Crippen LogP) is 2.59. The van der Waals surface area contributed by atoms with Gasteiger partial charge in [0.15, 0.2) is 0 Å². The van der Waals surface area contributed by atoms with Gasteiger partial charge < -0.3 is 11.1 Å². The van der Waals surface area contributed by atoms with Gasteiger partial charge in [0.25, 0.3) is 0 Å². The summed E-state index contributed by atoms with van der Waals surface area (Å²) < 4.78 is 0. The van der Waals surface area contributed by atoms with Gasteiger partial charge in [0.1, 0.15) is 0 Å². The number of amides is 1. The molecule has 1 aliphatic carbocycles. The van der Waals surface area contributed by atoms with Gasteiger partial charge in [0.2, 0.25) is 5.91 Å². The normalized spacial score (nSPS) is 19.3. The SMILES string of the molecule is CCC(N)(CC)CNC(=O)C1(CC)CCCC1. The molecule has 3 N–H and O–H groups in total. The molecule has 0 aromatic rings. The van der Waals surface area contributed by atoms with E-state index in [2.05, 4.69) is 26.1 Å². The van der Waals surface area contributed by atoms with Gasteiger partial charge in [-0.3, -0.25) is 4.79 Å². The van der Waals surface area contributed by atoms with Crippen LogP contribution in [0.4, 0.5) is 0 Å². The van der Waals surface area contributed by atoms with Crippen LogP contribution in [-0.2, 0) is 4.79 Å². The summed E-state index contributed by atoms with van der Waals surface area (Å²) in [4.78, 5) is 12.3. The Hall–Kier alpha value is -0.570. The van der Waals surface area contributed by atoms with Crippen molar-refractivity contribution in [1.29, 1.82) is 0 Å². The van der Waals surface area contributed by atoms with Gasteiger partial charge >= 0.3 is 0 Å². The summed E-state index contributed by atoms with van der Waals surface area (Å²) in [5, 5.41) is 3.09. The van der Waals surface area contributed by atoms with E-state index in [9.17, 15) is 4.79 Å². The first-order valence-electron chi connectivity index (χ1n) is 7.09. The van der Waals surface area contributed by atoms with Crippen molar-refractivity contribution in [1.82, 2.24) is 5.32 Å². The number of hydrogen-bond acceptors (Lipinski definition) is 2. The average Bonchev–Trinajstić information content (AvgIpc) is 2.85. The number of nitrogens with two attached hydrogens (primary N) is 1. The fraction of sp³-hybridized carbons (Fsp3) is 0.929. The van der Waals surface area contributed by atoms with Gasteiger partial charge in [-0.15, -0.1) is 0 Å². The number of hydrogen-bond donors (Lipinski definition) is 2. The van der Waals surface area contributed by atoms with Crippen molar-refractivity contribution < 1.29 is 4.79 Å². The highest BCUT2D eigenvalue weighted by Gasteiger charge is 2.39. The Balaban J connectivity index is 2.54. The fourth-order valence-corrected chi connectivity index (χ4v) is 2.74. The highest BCUT2D eigenvalue weighted by Crippen LogP contribution is 2.41. The number of nitrogens with one attached hydrogen (secondary N) is 1. The minimum atomic E-state index is -0.233. The molecule has 0 aromatic heterocycles. The topological polar surface area (TPSA) is 55.1 Å². The first kappa shape index (κ1) is 14.5. The van der Waals surface area contributed by atoms with E-state index in [4.69, 9.17) is 5.73 Å². The van der Waals surface area contributed by atoms with Crippen LogP contribution in [0.25, 0.3) is 0 Å². The molecule has 1 saturated carbocycles. The standard InChI is InChI=1S/C14H28N2O/c1-4-13(9-7-8-10-13)12(17)16-11-14(15,5-2)6-3/h4-11,15H2,1-3H3,(H,16,17). The largest absolute Gasteiger partial charge is 0.354 e. The van der Waals surface area contributed by atoms with Gasteiger partial charge in [-0.2, -0.15) is 0 Å². The molecule has 3 nitrogen and oxygen atoms in total. The molecule has 1 aliphatic rings. The third-order valence-corrected chi connectivity index (χ3v) is 4.73. The van der Waals surface area contributed by atoms with E-state index >= 15 is 0 Å². The Morgan fingerprint density at radius 2 is 1.76 bits per heavy atom.